The van der Waals surface area contributed by atoms with Gasteiger partial charge in [0, 0.05) is 29.9 Å². The van der Waals surface area contributed by atoms with Crippen molar-refractivity contribution in [3.63, 3.8) is 0 Å². The minimum atomic E-state index is 0.107. The quantitative estimate of drug-likeness (QED) is 0.849. The summed E-state index contributed by atoms with van der Waals surface area (Å²) in [4.78, 5) is 15.5. The highest BCUT2D eigenvalue weighted by atomic mass is 32.1. The molecule has 1 rings (SSSR count). The molecule has 0 saturated carbocycles. The molecule has 0 bridgehead atoms. The number of carbonyl (C=O) groups excluding carboxylic acids is 1. The molecule has 0 aromatic carbocycles. The van der Waals surface area contributed by atoms with Crippen LogP contribution in [-0.2, 0) is 4.79 Å². The maximum absolute atomic E-state index is 11.4. The van der Waals surface area contributed by atoms with E-state index in [0.29, 0.717) is 6.54 Å². The fourth-order valence-corrected chi connectivity index (χ4v) is 2.09. The van der Waals surface area contributed by atoms with E-state index < -0.39 is 0 Å². The van der Waals surface area contributed by atoms with E-state index in [0.717, 1.165) is 0 Å². The fraction of sp³-hybridized carbons (Fsp3) is 0.545. The molecular formula is C11H18N2OS. The Morgan fingerprint density at radius 3 is 2.67 bits per heavy atom. The van der Waals surface area contributed by atoms with Crippen molar-refractivity contribution in [2.45, 2.75) is 19.9 Å². The number of amides is 1. The molecule has 1 amide bonds. The van der Waals surface area contributed by atoms with Gasteiger partial charge in [-0.05, 0) is 26.0 Å². The van der Waals surface area contributed by atoms with Crippen molar-refractivity contribution in [1.29, 1.82) is 0 Å². The van der Waals surface area contributed by atoms with Gasteiger partial charge < -0.3 is 10.2 Å². The van der Waals surface area contributed by atoms with Crippen LogP contribution in [0.5, 0.6) is 0 Å². The maximum atomic E-state index is 11.4. The molecule has 1 N–H and O–H groups in total. The van der Waals surface area contributed by atoms with Crippen molar-refractivity contribution in [1.82, 2.24) is 10.2 Å². The van der Waals surface area contributed by atoms with E-state index in [9.17, 15) is 4.79 Å². The van der Waals surface area contributed by atoms with Gasteiger partial charge in [0.1, 0.15) is 0 Å². The lowest BCUT2D eigenvalue weighted by molar-refractivity contribution is -0.127. The van der Waals surface area contributed by atoms with Crippen LogP contribution in [0, 0.1) is 6.92 Å². The summed E-state index contributed by atoms with van der Waals surface area (Å²) in [5.74, 6) is 0.107. The number of likely N-dealkylation sites (N-methyl/N-ethyl adjacent to an activating group) is 1. The second-order valence-electron chi connectivity index (χ2n) is 3.84. The standard InChI is InChI=1S/C11H18N2OS/c1-8-5-6-10(15-8)9(2)12-7-11(14)13(3)4/h5-6,9,12H,7H2,1-4H3/t9-/m1/s1. The van der Waals surface area contributed by atoms with E-state index in [1.54, 1.807) is 30.3 Å². The second kappa shape index (κ2) is 5.28. The Morgan fingerprint density at radius 2 is 2.20 bits per heavy atom. The van der Waals surface area contributed by atoms with Gasteiger partial charge in [-0.1, -0.05) is 0 Å². The van der Waals surface area contributed by atoms with Crippen molar-refractivity contribution in [2.75, 3.05) is 20.6 Å². The SMILES string of the molecule is Cc1ccc([C@@H](C)NCC(=O)N(C)C)s1. The minimum Gasteiger partial charge on any atom is -0.348 e. The molecule has 0 fully saturated rings. The van der Waals surface area contributed by atoms with E-state index >= 15 is 0 Å². The Kier molecular flexibility index (Phi) is 4.29. The molecule has 1 aromatic heterocycles. The van der Waals surface area contributed by atoms with E-state index in [1.165, 1.54) is 9.75 Å². The highest BCUT2D eigenvalue weighted by Gasteiger charge is 2.09. The monoisotopic (exact) mass is 226 g/mol. The van der Waals surface area contributed by atoms with Crippen LogP contribution in [0.4, 0.5) is 0 Å². The fourth-order valence-electron chi connectivity index (χ4n) is 1.19. The first-order chi connectivity index (χ1) is 7.00. The first-order valence-electron chi connectivity index (χ1n) is 5.00. The lowest BCUT2D eigenvalue weighted by Crippen LogP contribution is -2.34. The largest absolute Gasteiger partial charge is 0.348 e. The van der Waals surface area contributed by atoms with Gasteiger partial charge in [-0.15, -0.1) is 11.3 Å². The number of nitrogens with zero attached hydrogens (tertiary/aromatic N) is 1. The zero-order valence-corrected chi connectivity index (χ0v) is 10.5. The molecule has 0 radical (unpaired) electrons. The third-order valence-electron chi connectivity index (χ3n) is 2.25. The number of thiophene rings is 1. The third-order valence-corrected chi connectivity index (χ3v) is 3.43. The zero-order chi connectivity index (χ0) is 11.4. The zero-order valence-electron chi connectivity index (χ0n) is 9.70. The topological polar surface area (TPSA) is 32.3 Å². The lowest BCUT2D eigenvalue weighted by Gasteiger charge is -2.14. The molecule has 0 aliphatic heterocycles. The van der Waals surface area contributed by atoms with Crippen LogP contribution in [0.25, 0.3) is 0 Å². The summed E-state index contributed by atoms with van der Waals surface area (Å²) in [5, 5.41) is 3.21. The average molecular weight is 226 g/mol. The molecule has 1 heterocycles. The Balaban J connectivity index is 2.43. The highest BCUT2D eigenvalue weighted by Crippen LogP contribution is 2.21. The number of aryl methyl sites for hydroxylation is 1. The van der Waals surface area contributed by atoms with Gasteiger partial charge >= 0.3 is 0 Å². The Morgan fingerprint density at radius 1 is 1.53 bits per heavy atom. The van der Waals surface area contributed by atoms with Gasteiger partial charge in [0.15, 0.2) is 0 Å². The third kappa shape index (κ3) is 3.64. The smallest absolute Gasteiger partial charge is 0.236 e. The molecule has 0 spiro atoms. The Labute approximate surface area is 95.1 Å². The normalized spacial score (nSPS) is 12.5. The number of hydrogen-bond acceptors (Lipinski definition) is 3. The summed E-state index contributed by atoms with van der Waals surface area (Å²) in [7, 11) is 3.54. The van der Waals surface area contributed by atoms with Crippen LogP contribution in [0.2, 0.25) is 0 Å². The predicted octanol–water partition coefficient (Wildman–Crippen LogP) is 1.80. The minimum absolute atomic E-state index is 0.107. The first-order valence-corrected chi connectivity index (χ1v) is 5.82. The molecule has 1 aromatic rings. The van der Waals surface area contributed by atoms with E-state index in [1.807, 2.05) is 0 Å². The maximum Gasteiger partial charge on any atom is 0.236 e. The van der Waals surface area contributed by atoms with E-state index in [-0.39, 0.29) is 11.9 Å². The molecular weight excluding hydrogens is 208 g/mol. The number of rotatable bonds is 4. The summed E-state index contributed by atoms with van der Waals surface area (Å²) in [6.07, 6.45) is 0. The van der Waals surface area contributed by atoms with Gasteiger partial charge in [0.05, 0.1) is 6.54 Å². The molecule has 0 unspecified atom stereocenters. The molecule has 4 heteroatoms. The Hall–Kier alpha value is -0.870. The van der Waals surface area contributed by atoms with Gasteiger partial charge in [-0.3, -0.25) is 4.79 Å². The summed E-state index contributed by atoms with van der Waals surface area (Å²) >= 11 is 1.77. The molecule has 1 atom stereocenters. The van der Waals surface area contributed by atoms with Crippen molar-refractivity contribution in [3.8, 4) is 0 Å². The van der Waals surface area contributed by atoms with E-state index in [4.69, 9.17) is 0 Å². The van der Waals surface area contributed by atoms with Crippen molar-refractivity contribution >= 4 is 17.2 Å². The summed E-state index contributed by atoms with van der Waals surface area (Å²) in [6.45, 7) is 4.56. The average Bonchev–Trinajstić information content (AvgIpc) is 2.60. The van der Waals surface area contributed by atoms with Crippen LogP contribution in [0.1, 0.15) is 22.7 Å². The van der Waals surface area contributed by atoms with Gasteiger partial charge in [0.25, 0.3) is 0 Å². The molecule has 0 aliphatic rings. The second-order valence-corrected chi connectivity index (χ2v) is 5.16. The summed E-state index contributed by atoms with van der Waals surface area (Å²) < 4.78 is 0. The van der Waals surface area contributed by atoms with Gasteiger partial charge in [0.2, 0.25) is 5.91 Å². The van der Waals surface area contributed by atoms with Crippen LogP contribution >= 0.6 is 11.3 Å². The number of carbonyl (C=O) groups is 1. The number of hydrogen-bond donors (Lipinski definition) is 1. The van der Waals surface area contributed by atoms with Crippen molar-refractivity contribution in [2.24, 2.45) is 0 Å². The molecule has 15 heavy (non-hydrogen) atoms. The van der Waals surface area contributed by atoms with Crippen LogP contribution in [-0.4, -0.2) is 31.4 Å². The van der Waals surface area contributed by atoms with Gasteiger partial charge in [-0.2, -0.15) is 0 Å². The van der Waals surface area contributed by atoms with Crippen LogP contribution in [0.15, 0.2) is 12.1 Å². The predicted molar refractivity (Wildman–Crippen MR) is 64.2 cm³/mol. The molecule has 84 valence electrons. The molecule has 0 saturated heterocycles. The molecule has 0 aliphatic carbocycles. The summed E-state index contributed by atoms with van der Waals surface area (Å²) in [5.41, 5.74) is 0. The van der Waals surface area contributed by atoms with Crippen molar-refractivity contribution < 1.29 is 4.79 Å². The Bertz CT molecular complexity index is 333. The number of nitrogens with one attached hydrogen (secondary N) is 1. The lowest BCUT2D eigenvalue weighted by atomic mass is 10.2. The summed E-state index contributed by atoms with van der Waals surface area (Å²) in [6, 6.07) is 4.46. The van der Waals surface area contributed by atoms with E-state index in [2.05, 4.69) is 31.3 Å². The highest BCUT2D eigenvalue weighted by molar-refractivity contribution is 7.12. The van der Waals surface area contributed by atoms with Crippen LogP contribution in [0.3, 0.4) is 0 Å². The molecule has 3 nitrogen and oxygen atoms in total. The van der Waals surface area contributed by atoms with Crippen molar-refractivity contribution in [3.05, 3.63) is 21.9 Å². The van der Waals surface area contributed by atoms with Crippen LogP contribution < -0.4 is 5.32 Å². The van der Waals surface area contributed by atoms with Gasteiger partial charge in [-0.25, -0.2) is 0 Å². The first kappa shape index (κ1) is 12.2.